The van der Waals surface area contributed by atoms with Gasteiger partial charge >= 0.3 is 0 Å². The minimum atomic E-state index is -0.136. The van der Waals surface area contributed by atoms with Crippen molar-refractivity contribution in [3.8, 4) is 0 Å². The van der Waals surface area contributed by atoms with E-state index >= 15 is 0 Å². The lowest BCUT2D eigenvalue weighted by molar-refractivity contribution is 0.665. The third kappa shape index (κ3) is 3.81. The molecule has 1 unspecified atom stereocenters. The van der Waals surface area contributed by atoms with E-state index in [0.29, 0.717) is 32.9 Å². The van der Waals surface area contributed by atoms with Crippen molar-refractivity contribution in [3.05, 3.63) is 67.6 Å². The molecule has 0 amide bonds. The molecule has 2 aromatic rings. The van der Waals surface area contributed by atoms with E-state index in [2.05, 4.69) is 0 Å². The summed E-state index contributed by atoms with van der Waals surface area (Å²) in [5.41, 5.74) is 7.96. The maximum absolute atomic E-state index is 6.18. The minimum Gasteiger partial charge on any atom is -0.327 e. The molecule has 20 heavy (non-hydrogen) atoms. The Morgan fingerprint density at radius 1 is 0.800 bits per heavy atom. The predicted molar refractivity (Wildman–Crippen MR) is 88.3 cm³/mol. The summed E-state index contributed by atoms with van der Waals surface area (Å²) in [5, 5.41) is 2.34. The molecule has 0 bridgehead atoms. The van der Waals surface area contributed by atoms with E-state index in [1.54, 1.807) is 6.07 Å². The van der Waals surface area contributed by atoms with Crippen LogP contribution in [0.1, 0.15) is 11.1 Å². The van der Waals surface area contributed by atoms with Crippen LogP contribution in [-0.4, -0.2) is 6.04 Å². The molecular formula is C15H13Cl4N. The molecule has 1 atom stereocenters. The van der Waals surface area contributed by atoms with Crippen LogP contribution in [0.15, 0.2) is 36.4 Å². The molecule has 0 radical (unpaired) electrons. The topological polar surface area (TPSA) is 26.0 Å². The molecule has 0 saturated carbocycles. The van der Waals surface area contributed by atoms with E-state index < -0.39 is 0 Å². The Morgan fingerprint density at radius 3 is 2.00 bits per heavy atom. The molecule has 0 spiro atoms. The Hall–Kier alpha value is -0.440. The SMILES string of the molecule is NC(Cc1cccc(Cl)c1Cl)Cc1c(Cl)cccc1Cl. The van der Waals surface area contributed by atoms with Crippen LogP contribution in [0.2, 0.25) is 20.1 Å². The third-order valence-corrected chi connectivity index (χ3v) is 4.61. The van der Waals surface area contributed by atoms with Gasteiger partial charge in [0.05, 0.1) is 10.0 Å². The number of hydrogen-bond acceptors (Lipinski definition) is 1. The summed E-state index contributed by atoms with van der Waals surface area (Å²) in [5.74, 6) is 0. The van der Waals surface area contributed by atoms with E-state index in [1.807, 2.05) is 30.3 Å². The lowest BCUT2D eigenvalue weighted by Gasteiger charge is -2.15. The molecule has 2 rings (SSSR count). The summed E-state index contributed by atoms with van der Waals surface area (Å²) < 4.78 is 0. The first-order chi connectivity index (χ1) is 9.49. The maximum atomic E-state index is 6.18. The van der Waals surface area contributed by atoms with Gasteiger partial charge in [-0.25, -0.2) is 0 Å². The van der Waals surface area contributed by atoms with E-state index in [1.165, 1.54) is 0 Å². The average Bonchev–Trinajstić information content (AvgIpc) is 2.39. The molecule has 0 aliphatic rings. The van der Waals surface area contributed by atoms with E-state index in [-0.39, 0.29) is 6.04 Å². The first-order valence-electron chi connectivity index (χ1n) is 6.10. The highest BCUT2D eigenvalue weighted by Gasteiger charge is 2.13. The second-order valence-corrected chi connectivity index (χ2v) is 6.18. The van der Waals surface area contributed by atoms with E-state index in [0.717, 1.165) is 11.1 Å². The Morgan fingerprint density at radius 2 is 1.35 bits per heavy atom. The van der Waals surface area contributed by atoms with Crippen molar-refractivity contribution in [3.63, 3.8) is 0 Å². The fourth-order valence-electron chi connectivity index (χ4n) is 2.05. The summed E-state index contributed by atoms with van der Waals surface area (Å²) in [6.07, 6.45) is 1.20. The van der Waals surface area contributed by atoms with Crippen LogP contribution in [0, 0.1) is 0 Å². The van der Waals surface area contributed by atoms with Crippen molar-refractivity contribution < 1.29 is 0 Å². The van der Waals surface area contributed by atoms with E-state index in [9.17, 15) is 0 Å². The van der Waals surface area contributed by atoms with Gasteiger partial charge in [-0.3, -0.25) is 0 Å². The van der Waals surface area contributed by atoms with Crippen LogP contribution in [0.25, 0.3) is 0 Å². The first kappa shape index (κ1) is 15.9. The summed E-state index contributed by atoms with van der Waals surface area (Å²) in [7, 11) is 0. The number of rotatable bonds is 4. The van der Waals surface area contributed by atoms with Crippen LogP contribution < -0.4 is 5.73 Å². The van der Waals surface area contributed by atoms with Crippen molar-refractivity contribution in [1.29, 1.82) is 0 Å². The Labute approximate surface area is 138 Å². The molecule has 0 aromatic heterocycles. The van der Waals surface area contributed by atoms with Gasteiger partial charge in [0, 0.05) is 16.1 Å². The average molecular weight is 349 g/mol. The van der Waals surface area contributed by atoms with Gasteiger partial charge < -0.3 is 5.73 Å². The fourth-order valence-corrected chi connectivity index (χ4v) is 3.00. The fraction of sp³-hybridized carbons (Fsp3) is 0.200. The molecule has 0 heterocycles. The quantitative estimate of drug-likeness (QED) is 0.785. The van der Waals surface area contributed by atoms with Gasteiger partial charge in [0.2, 0.25) is 0 Å². The van der Waals surface area contributed by atoms with Gasteiger partial charge in [-0.1, -0.05) is 64.6 Å². The Bertz CT molecular complexity index is 593. The van der Waals surface area contributed by atoms with Crippen LogP contribution in [0.5, 0.6) is 0 Å². The van der Waals surface area contributed by atoms with Crippen LogP contribution in [0.3, 0.4) is 0 Å². The molecule has 2 aromatic carbocycles. The molecule has 0 fully saturated rings. The number of nitrogens with two attached hydrogens (primary N) is 1. The molecule has 0 aliphatic carbocycles. The highest BCUT2D eigenvalue weighted by molar-refractivity contribution is 6.42. The predicted octanol–water partition coefficient (Wildman–Crippen LogP) is 5.41. The second-order valence-electron chi connectivity index (χ2n) is 4.58. The van der Waals surface area contributed by atoms with Crippen LogP contribution >= 0.6 is 46.4 Å². The van der Waals surface area contributed by atoms with Crippen molar-refractivity contribution in [2.24, 2.45) is 5.73 Å². The monoisotopic (exact) mass is 347 g/mol. The van der Waals surface area contributed by atoms with E-state index in [4.69, 9.17) is 52.1 Å². The first-order valence-corrected chi connectivity index (χ1v) is 7.61. The van der Waals surface area contributed by atoms with Crippen molar-refractivity contribution in [1.82, 2.24) is 0 Å². The third-order valence-electron chi connectivity index (χ3n) is 3.04. The Balaban J connectivity index is 2.13. The molecule has 0 saturated heterocycles. The van der Waals surface area contributed by atoms with Gasteiger partial charge in [-0.05, 0) is 42.2 Å². The molecule has 0 aliphatic heterocycles. The number of hydrogen-bond donors (Lipinski definition) is 1. The summed E-state index contributed by atoms with van der Waals surface area (Å²) in [4.78, 5) is 0. The smallest absolute Gasteiger partial charge is 0.0624 e. The molecule has 1 nitrogen and oxygen atoms in total. The molecular weight excluding hydrogens is 336 g/mol. The number of benzene rings is 2. The standard InChI is InChI=1S/C15H13Cl4N/c16-12-4-2-5-13(17)11(12)8-10(20)7-9-3-1-6-14(18)15(9)19/h1-6,10H,7-8,20H2. The Kier molecular flexibility index (Phi) is 5.59. The lowest BCUT2D eigenvalue weighted by atomic mass is 9.99. The maximum Gasteiger partial charge on any atom is 0.0624 e. The van der Waals surface area contributed by atoms with Crippen molar-refractivity contribution in [2.75, 3.05) is 0 Å². The summed E-state index contributed by atoms with van der Waals surface area (Å²) in [6, 6.07) is 10.8. The van der Waals surface area contributed by atoms with Gasteiger partial charge in [-0.2, -0.15) is 0 Å². The highest BCUT2D eigenvalue weighted by atomic mass is 35.5. The highest BCUT2D eigenvalue weighted by Crippen LogP contribution is 2.28. The molecule has 2 N–H and O–H groups in total. The van der Waals surface area contributed by atoms with Crippen molar-refractivity contribution >= 4 is 46.4 Å². The van der Waals surface area contributed by atoms with Gasteiger partial charge in [0.15, 0.2) is 0 Å². The largest absolute Gasteiger partial charge is 0.327 e. The zero-order valence-electron chi connectivity index (χ0n) is 10.5. The van der Waals surface area contributed by atoms with Gasteiger partial charge in [-0.15, -0.1) is 0 Å². The van der Waals surface area contributed by atoms with Crippen LogP contribution in [-0.2, 0) is 12.8 Å². The lowest BCUT2D eigenvalue weighted by Crippen LogP contribution is -2.26. The van der Waals surface area contributed by atoms with Crippen LogP contribution in [0.4, 0.5) is 0 Å². The zero-order valence-corrected chi connectivity index (χ0v) is 13.6. The molecule has 106 valence electrons. The van der Waals surface area contributed by atoms with Gasteiger partial charge in [0.1, 0.15) is 0 Å². The zero-order chi connectivity index (χ0) is 14.7. The van der Waals surface area contributed by atoms with Gasteiger partial charge in [0.25, 0.3) is 0 Å². The normalized spacial score (nSPS) is 12.4. The molecule has 5 heteroatoms. The second kappa shape index (κ2) is 7.02. The minimum absolute atomic E-state index is 0.136. The summed E-state index contributed by atoms with van der Waals surface area (Å²) in [6.45, 7) is 0. The van der Waals surface area contributed by atoms with Crippen molar-refractivity contribution in [2.45, 2.75) is 18.9 Å². The summed E-state index contributed by atoms with van der Waals surface area (Å²) >= 11 is 24.4. The number of halogens is 4.